The van der Waals surface area contributed by atoms with Crippen molar-refractivity contribution in [3.8, 4) is 0 Å². The van der Waals surface area contributed by atoms with Crippen molar-refractivity contribution in [2.45, 2.75) is 52.1 Å². The smallest absolute Gasteiger partial charge is 0.0195 e. The molecule has 4 atom stereocenters. The maximum atomic E-state index is 3.49. The first-order valence-electron chi connectivity index (χ1n) is 6.70. The van der Waals surface area contributed by atoms with Crippen LogP contribution in [0.4, 0.5) is 0 Å². The third-order valence-electron chi connectivity index (χ3n) is 4.69. The molecule has 1 aliphatic carbocycles. The summed E-state index contributed by atoms with van der Waals surface area (Å²) < 4.78 is 0. The molecular weight excluding hydrogens is 184 g/mol. The molecule has 0 radical (unpaired) electrons. The average molecular weight is 210 g/mol. The second-order valence-electron chi connectivity index (χ2n) is 5.46. The molecule has 1 aliphatic heterocycles. The maximum absolute atomic E-state index is 3.49. The van der Waals surface area contributed by atoms with E-state index in [0.29, 0.717) is 0 Å². The molecule has 0 aromatic heterocycles. The highest BCUT2D eigenvalue weighted by atomic mass is 15.2. The van der Waals surface area contributed by atoms with Crippen molar-refractivity contribution in [2.75, 3.05) is 19.6 Å². The van der Waals surface area contributed by atoms with Crippen molar-refractivity contribution in [1.29, 1.82) is 0 Å². The van der Waals surface area contributed by atoms with E-state index in [-0.39, 0.29) is 0 Å². The van der Waals surface area contributed by atoms with Crippen molar-refractivity contribution in [2.24, 2.45) is 11.8 Å². The van der Waals surface area contributed by atoms with Gasteiger partial charge in [-0.05, 0) is 31.6 Å². The summed E-state index contributed by atoms with van der Waals surface area (Å²) in [6.45, 7) is 10.8. The Morgan fingerprint density at radius 2 is 2.07 bits per heavy atom. The van der Waals surface area contributed by atoms with Crippen LogP contribution in [0.2, 0.25) is 0 Å². The Morgan fingerprint density at radius 1 is 1.27 bits per heavy atom. The number of piperazine rings is 1. The van der Waals surface area contributed by atoms with E-state index in [1.54, 1.807) is 0 Å². The van der Waals surface area contributed by atoms with E-state index in [2.05, 4.69) is 31.0 Å². The highest BCUT2D eigenvalue weighted by molar-refractivity contribution is 4.92. The largest absolute Gasteiger partial charge is 0.314 e. The van der Waals surface area contributed by atoms with Crippen LogP contribution in [-0.4, -0.2) is 36.6 Å². The fourth-order valence-corrected chi connectivity index (χ4v) is 3.62. The van der Waals surface area contributed by atoms with E-state index >= 15 is 0 Å². The van der Waals surface area contributed by atoms with Gasteiger partial charge in [0.05, 0.1) is 0 Å². The molecule has 0 amide bonds. The van der Waals surface area contributed by atoms with Crippen LogP contribution in [0.25, 0.3) is 0 Å². The predicted octanol–water partition coefficient (Wildman–Crippen LogP) is 2.10. The molecule has 4 unspecified atom stereocenters. The topological polar surface area (TPSA) is 15.3 Å². The van der Waals surface area contributed by atoms with Crippen LogP contribution in [0.1, 0.15) is 40.0 Å². The van der Waals surface area contributed by atoms with Gasteiger partial charge in [-0.3, -0.25) is 4.90 Å². The zero-order valence-electron chi connectivity index (χ0n) is 10.5. The van der Waals surface area contributed by atoms with E-state index < -0.39 is 0 Å². The highest BCUT2D eigenvalue weighted by Crippen LogP contribution is 2.37. The molecule has 1 saturated heterocycles. The molecule has 0 bridgehead atoms. The molecule has 0 spiro atoms. The third-order valence-corrected chi connectivity index (χ3v) is 4.69. The van der Waals surface area contributed by atoms with Crippen LogP contribution >= 0.6 is 0 Å². The van der Waals surface area contributed by atoms with Crippen LogP contribution < -0.4 is 5.32 Å². The Balaban J connectivity index is 1.98. The van der Waals surface area contributed by atoms with Crippen LogP contribution in [0.5, 0.6) is 0 Å². The molecule has 2 fully saturated rings. The van der Waals surface area contributed by atoms with E-state index in [9.17, 15) is 0 Å². The zero-order chi connectivity index (χ0) is 10.8. The van der Waals surface area contributed by atoms with Gasteiger partial charge in [-0.1, -0.05) is 20.3 Å². The minimum Gasteiger partial charge on any atom is -0.314 e. The summed E-state index contributed by atoms with van der Waals surface area (Å²) in [7, 11) is 0. The van der Waals surface area contributed by atoms with Gasteiger partial charge in [0.25, 0.3) is 0 Å². The van der Waals surface area contributed by atoms with Crippen LogP contribution in [-0.2, 0) is 0 Å². The second kappa shape index (κ2) is 4.84. The first kappa shape index (κ1) is 11.4. The number of hydrogen-bond acceptors (Lipinski definition) is 2. The molecule has 2 rings (SSSR count). The summed E-state index contributed by atoms with van der Waals surface area (Å²) >= 11 is 0. The second-order valence-corrected chi connectivity index (χ2v) is 5.46. The van der Waals surface area contributed by atoms with Gasteiger partial charge in [0.15, 0.2) is 0 Å². The summed E-state index contributed by atoms with van der Waals surface area (Å²) in [5.41, 5.74) is 0. The lowest BCUT2D eigenvalue weighted by atomic mass is 9.92. The van der Waals surface area contributed by atoms with Crippen molar-refractivity contribution in [3.05, 3.63) is 0 Å². The van der Waals surface area contributed by atoms with Gasteiger partial charge in [-0.2, -0.15) is 0 Å². The molecule has 1 N–H and O–H groups in total. The Hall–Kier alpha value is -0.0800. The Kier molecular flexibility index (Phi) is 3.68. The zero-order valence-corrected chi connectivity index (χ0v) is 10.5. The molecule has 0 aromatic rings. The minimum atomic E-state index is 0.738. The van der Waals surface area contributed by atoms with Gasteiger partial charge in [0, 0.05) is 31.7 Å². The minimum absolute atomic E-state index is 0.738. The normalized spacial score (nSPS) is 43.4. The SMILES string of the molecule is CCC1CCC(N2CCNCC2C)C1C. The molecule has 2 aliphatic rings. The average Bonchev–Trinajstić information content (AvgIpc) is 2.60. The molecule has 2 heteroatoms. The fraction of sp³-hybridized carbons (Fsp3) is 1.00. The summed E-state index contributed by atoms with van der Waals surface area (Å²) in [6.07, 6.45) is 4.27. The van der Waals surface area contributed by atoms with Gasteiger partial charge in [-0.25, -0.2) is 0 Å². The quantitative estimate of drug-likeness (QED) is 0.751. The van der Waals surface area contributed by atoms with Gasteiger partial charge in [0.2, 0.25) is 0 Å². The lowest BCUT2D eigenvalue weighted by molar-refractivity contribution is 0.0892. The van der Waals surface area contributed by atoms with Gasteiger partial charge >= 0.3 is 0 Å². The third kappa shape index (κ3) is 2.21. The maximum Gasteiger partial charge on any atom is 0.0195 e. The molecule has 15 heavy (non-hydrogen) atoms. The fourth-order valence-electron chi connectivity index (χ4n) is 3.62. The van der Waals surface area contributed by atoms with Crippen molar-refractivity contribution in [3.63, 3.8) is 0 Å². The number of nitrogens with zero attached hydrogens (tertiary/aromatic N) is 1. The summed E-state index contributed by atoms with van der Waals surface area (Å²) in [5, 5.41) is 3.49. The molecule has 1 heterocycles. The predicted molar refractivity (Wildman–Crippen MR) is 65.0 cm³/mol. The molecule has 1 saturated carbocycles. The Labute approximate surface area is 94.4 Å². The first-order chi connectivity index (χ1) is 7.24. The van der Waals surface area contributed by atoms with Gasteiger partial charge in [-0.15, -0.1) is 0 Å². The van der Waals surface area contributed by atoms with E-state index in [1.807, 2.05) is 0 Å². The number of rotatable bonds is 2. The number of hydrogen-bond donors (Lipinski definition) is 1. The summed E-state index contributed by atoms with van der Waals surface area (Å²) in [5.74, 6) is 1.90. The monoisotopic (exact) mass is 210 g/mol. The Morgan fingerprint density at radius 3 is 2.67 bits per heavy atom. The molecule has 88 valence electrons. The van der Waals surface area contributed by atoms with E-state index in [4.69, 9.17) is 0 Å². The van der Waals surface area contributed by atoms with Gasteiger partial charge < -0.3 is 5.32 Å². The van der Waals surface area contributed by atoms with Gasteiger partial charge in [0.1, 0.15) is 0 Å². The van der Waals surface area contributed by atoms with E-state index in [0.717, 1.165) is 23.9 Å². The molecule has 0 aromatic carbocycles. The standard InChI is InChI=1S/C13H26N2/c1-4-12-5-6-13(11(12)3)15-8-7-14-9-10(15)2/h10-14H,4-9H2,1-3H3. The molecular formula is C13H26N2. The van der Waals surface area contributed by atoms with E-state index in [1.165, 1.54) is 38.9 Å². The Bertz CT molecular complexity index is 205. The van der Waals surface area contributed by atoms with Crippen LogP contribution in [0.3, 0.4) is 0 Å². The lowest BCUT2D eigenvalue weighted by Gasteiger charge is -2.40. The first-order valence-corrected chi connectivity index (χ1v) is 6.70. The van der Waals surface area contributed by atoms with Crippen LogP contribution in [0.15, 0.2) is 0 Å². The summed E-state index contributed by atoms with van der Waals surface area (Å²) in [4.78, 5) is 2.76. The van der Waals surface area contributed by atoms with Crippen molar-refractivity contribution < 1.29 is 0 Å². The number of nitrogens with one attached hydrogen (secondary N) is 1. The van der Waals surface area contributed by atoms with Crippen molar-refractivity contribution in [1.82, 2.24) is 10.2 Å². The van der Waals surface area contributed by atoms with Crippen LogP contribution in [0, 0.1) is 11.8 Å². The molecule has 2 nitrogen and oxygen atoms in total. The lowest BCUT2D eigenvalue weighted by Crippen LogP contribution is -2.54. The summed E-state index contributed by atoms with van der Waals surface area (Å²) in [6, 6.07) is 1.61. The van der Waals surface area contributed by atoms with Crippen molar-refractivity contribution >= 4 is 0 Å². The highest BCUT2D eigenvalue weighted by Gasteiger charge is 2.37.